The van der Waals surface area contributed by atoms with Crippen LogP contribution in [0.25, 0.3) is 0 Å². The fourth-order valence-electron chi connectivity index (χ4n) is 9.61. The molecule has 2 heterocycles. The second-order valence-electron chi connectivity index (χ2n) is 11.4. The Balaban J connectivity index is 1.33. The highest BCUT2D eigenvalue weighted by Gasteiger charge is 2.76. The molecule has 3 aliphatic carbocycles. The van der Waals surface area contributed by atoms with Crippen LogP contribution in [-0.4, -0.2) is 54.0 Å². The Bertz CT molecular complexity index is 1090. The van der Waals surface area contributed by atoms with Gasteiger partial charge >= 0.3 is 0 Å². The lowest BCUT2D eigenvalue weighted by Gasteiger charge is -2.66. The summed E-state index contributed by atoms with van der Waals surface area (Å²) in [4.78, 5) is 18.7. The number of rotatable bonds is 4. The van der Waals surface area contributed by atoms with Gasteiger partial charge in [0.1, 0.15) is 0 Å². The molecule has 4 fully saturated rings. The monoisotopic (exact) mass is 441 g/mol. The molecule has 33 heavy (non-hydrogen) atoms. The summed E-state index contributed by atoms with van der Waals surface area (Å²) >= 11 is 0. The van der Waals surface area contributed by atoms with Gasteiger partial charge in [0, 0.05) is 29.6 Å². The average molecular weight is 442 g/mol. The van der Waals surface area contributed by atoms with Gasteiger partial charge in [0.05, 0.1) is 0 Å². The van der Waals surface area contributed by atoms with Crippen molar-refractivity contribution >= 4 is 5.91 Å². The molecule has 172 valence electrons. The van der Waals surface area contributed by atoms with Crippen LogP contribution in [0.3, 0.4) is 0 Å². The Morgan fingerprint density at radius 2 is 1.88 bits per heavy atom. The molecule has 5 aliphatic rings. The van der Waals surface area contributed by atoms with Gasteiger partial charge in [0.25, 0.3) is 5.91 Å². The summed E-state index contributed by atoms with van der Waals surface area (Å²) in [5.41, 5.74) is 10.6. The normalized spacial score (nSPS) is 38.2. The second kappa shape index (κ2) is 7.16. The third-order valence-corrected chi connectivity index (χ3v) is 10.4. The predicted molar refractivity (Wildman–Crippen MR) is 130 cm³/mol. The third kappa shape index (κ3) is 2.46. The van der Waals surface area contributed by atoms with Crippen LogP contribution in [-0.2, 0) is 11.8 Å². The molecule has 0 aromatic heterocycles. The van der Waals surface area contributed by atoms with Crippen molar-refractivity contribution in [2.75, 3.05) is 26.2 Å². The van der Waals surface area contributed by atoms with E-state index in [-0.39, 0.29) is 11.3 Å². The molecule has 2 saturated heterocycles. The van der Waals surface area contributed by atoms with E-state index in [0.29, 0.717) is 29.3 Å². The van der Waals surface area contributed by atoms with Crippen molar-refractivity contribution in [1.82, 2.24) is 9.80 Å². The van der Waals surface area contributed by atoms with Crippen LogP contribution in [0, 0.1) is 17.3 Å². The van der Waals surface area contributed by atoms with Crippen LogP contribution >= 0.6 is 0 Å². The smallest absolute Gasteiger partial charge is 0.254 e. The van der Waals surface area contributed by atoms with E-state index < -0.39 is 0 Å². The predicted octanol–water partition coefficient (Wildman–Crippen LogP) is 3.84. The van der Waals surface area contributed by atoms with Crippen molar-refractivity contribution < 1.29 is 4.79 Å². The molecule has 2 saturated carbocycles. The summed E-state index contributed by atoms with van der Waals surface area (Å²) < 4.78 is 0. The first-order valence-corrected chi connectivity index (χ1v) is 13.1. The number of piperidine rings is 1. The van der Waals surface area contributed by atoms with E-state index in [9.17, 15) is 4.79 Å². The van der Waals surface area contributed by atoms with Gasteiger partial charge in [-0.3, -0.25) is 9.69 Å². The second-order valence-corrected chi connectivity index (χ2v) is 11.4. The first kappa shape index (κ1) is 20.2. The van der Waals surface area contributed by atoms with E-state index in [1.807, 2.05) is 30.3 Å². The number of amides is 1. The quantitative estimate of drug-likeness (QED) is 0.784. The molecular weight excluding hydrogens is 406 g/mol. The zero-order valence-corrected chi connectivity index (χ0v) is 19.5. The lowest BCUT2D eigenvalue weighted by molar-refractivity contribution is -0.101. The Hall–Kier alpha value is -2.17. The van der Waals surface area contributed by atoms with Crippen LogP contribution in [0.4, 0.5) is 0 Å². The third-order valence-electron chi connectivity index (χ3n) is 10.4. The number of hydrogen-bond donors (Lipinski definition) is 1. The number of nitrogens with zero attached hydrogens (tertiary/aromatic N) is 2. The fraction of sp³-hybridized carbons (Fsp3) is 0.552. The summed E-state index contributed by atoms with van der Waals surface area (Å²) in [7, 11) is 0. The maximum absolute atomic E-state index is 13.6. The average Bonchev–Trinajstić information content (AvgIpc) is 3.30. The molecule has 2 N–H and O–H groups in total. The van der Waals surface area contributed by atoms with E-state index in [2.05, 4.69) is 34.1 Å². The standard InChI is InChI=1S/C29H35N3O/c30-14-6-15-31-16-13-29-23-10-5-4-9-21(23)17-25(31)28(29)12-11-24-26(29)22(18-28)19-32(24)27(33)20-7-2-1-3-8-20/h1-5,7-10,22,24-26H,6,11-19,30H2/t22-,24-,25-,26-,28-,29+/m1/s1. The molecule has 0 unspecified atom stereocenters. The van der Waals surface area contributed by atoms with Crippen molar-refractivity contribution in [3.05, 3.63) is 71.3 Å². The zero-order valence-electron chi connectivity index (χ0n) is 19.5. The zero-order chi connectivity index (χ0) is 22.2. The Morgan fingerprint density at radius 3 is 2.73 bits per heavy atom. The van der Waals surface area contributed by atoms with Crippen LogP contribution < -0.4 is 5.73 Å². The molecule has 1 amide bonds. The van der Waals surface area contributed by atoms with Gasteiger partial charge in [0.2, 0.25) is 0 Å². The molecule has 0 spiro atoms. The van der Waals surface area contributed by atoms with E-state index in [0.717, 1.165) is 31.6 Å². The van der Waals surface area contributed by atoms with Crippen LogP contribution in [0.15, 0.2) is 54.6 Å². The topological polar surface area (TPSA) is 49.6 Å². The maximum Gasteiger partial charge on any atom is 0.254 e. The van der Waals surface area contributed by atoms with Gasteiger partial charge in [-0.2, -0.15) is 0 Å². The lowest BCUT2D eigenvalue weighted by Crippen LogP contribution is -2.69. The summed E-state index contributed by atoms with van der Waals surface area (Å²) in [6, 6.07) is 20.4. The van der Waals surface area contributed by atoms with Crippen LogP contribution in [0.5, 0.6) is 0 Å². The Labute approximate surface area is 197 Å². The molecule has 2 aromatic rings. The number of benzene rings is 2. The van der Waals surface area contributed by atoms with Crippen LogP contribution in [0.2, 0.25) is 0 Å². The first-order chi connectivity index (χ1) is 16.2. The minimum absolute atomic E-state index is 0.241. The van der Waals surface area contributed by atoms with Gasteiger partial charge in [-0.15, -0.1) is 0 Å². The molecule has 7 rings (SSSR count). The molecule has 4 nitrogen and oxygen atoms in total. The molecule has 0 radical (unpaired) electrons. The van der Waals surface area contributed by atoms with E-state index in [1.165, 1.54) is 38.6 Å². The number of likely N-dealkylation sites (tertiary alicyclic amines) is 2. The van der Waals surface area contributed by atoms with Crippen molar-refractivity contribution in [1.29, 1.82) is 0 Å². The lowest BCUT2D eigenvalue weighted by atomic mass is 9.43. The minimum Gasteiger partial charge on any atom is -0.335 e. The molecule has 6 atom stereocenters. The van der Waals surface area contributed by atoms with Gasteiger partial charge in [0.15, 0.2) is 0 Å². The van der Waals surface area contributed by atoms with Gasteiger partial charge in [-0.05, 0) is 98.7 Å². The number of hydrogen-bond acceptors (Lipinski definition) is 3. The van der Waals surface area contributed by atoms with Gasteiger partial charge in [-0.25, -0.2) is 0 Å². The number of carbonyl (C=O) groups is 1. The Morgan fingerprint density at radius 1 is 1.06 bits per heavy atom. The summed E-state index contributed by atoms with van der Waals surface area (Å²) in [6.45, 7) is 4.05. The number of fused-ring (bicyclic) bond motifs is 1. The fourth-order valence-corrected chi connectivity index (χ4v) is 9.61. The first-order valence-electron chi connectivity index (χ1n) is 13.1. The van der Waals surface area contributed by atoms with Gasteiger partial charge < -0.3 is 10.6 Å². The number of nitrogens with two attached hydrogens (primary N) is 1. The highest BCUT2D eigenvalue weighted by Crippen LogP contribution is 2.75. The van der Waals surface area contributed by atoms with E-state index in [1.54, 1.807) is 11.1 Å². The maximum atomic E-state index is 13.6. The Kier molecular flexibility index (Phi) is 4.39. The number of carbonyl (C=O) groups excluding carboxylic acids is 1. The van der Waals surface area contributed by atoms with E-state index >= 15 is 0 Å². The van der Waals surface area contributed by atoms with E-state index in [4.69, 9.17) is 5.73 Å². The molecule has 4 heteroatoms. The highest BCUT2D eigenvalue weighted by atomic mass is 16.2. The molecule has 4 bridgehead atoms. The molecule has 2 aliphatic heterocycles. The summed E-state index contributed by atoms with van der Waals surface area (Å²) in [6.07, 6.45) is 7.27. The molecular formula is C29H35N3O. The molecule has 2 aromatic carbocycles. The van der Waals surface area contributed by atoms with Crippen molar-refractivity contribution in [3.8, 4) is 0 Å². The highest BCUT2D eigenvalue weighted by molar-refractivity contribution is 5.94. The van der Waals surface area contributed by atoms with Crippen molar-refractivity contribution in [3.63, 3.8) is 0 Å². The van der Waals surface area contributed by atoms with Gasteiger partial charge in [-0.1, -0.05) is 42.5 Å². The SMILES string of the molecule is NCCCN1CC[C@@]23c4ccccc4C[C@@H]1[C@]21CC[C@@H]2[C@H]3[C@@H](CN2C(=O)c2ccccc2)C1. The minimum atomic E-state index is 0.241. The summed E-state index contributed by atoms with van der Waals surface area (Å²) in [5.74, 6) is 1.49. The van der Waals surface area contributed by atoms with Crippen molar-refractivity contribution in [2.24, 2.45) is 23.0 Å². The summed E-state index contributed by atoms with van der Waals surface area (Å²) in [5, 5.41) is 0. The van der Waals surface area contributed by atoms with Crippen molar-refractivity contribution in [2.45, 2.75) is 56.0 Å². The van der Waals surface area contributed by atoms with Crippen LogP contribution in [0.1, 0.15) is 53.6 Å². The largest absolute Gasteiger partial charge is 0.335 e.